The molecule has 0 nitrogen and oxygen atoms in total. The molecule has 1 unspecified atom stereocenters. The van der Waals surface area contributed by atoms with Crippen molar-refractivity contribution in [3.05, 3.63) is 0 Å². The van der Waals surface area contributed by atoms with Crippen LogP contribution in [0.4, 0.5) is 0 Å². The zero-order valence-corrected chi connectivity index (χ0v) is 7.79. The first-order valence-electron chi connectivity index (χ1n) is 3.13. The van der Waals surface area contributed by atoms with Crippen molar-refractivity contribution >= 4 is 23.2 Å². The van der Waals surface area contributed by atoms with Gasteiger partial charge in [-0.2, -0.15) is 0 Å². The zero-order valence-electron chi connectivity index (χ0n) is 4.91. The van der Waals surface area contributed by atoms with Crippen molar-refractivity contribution in [2.45, 2.75) is 27.5 Å². The normalized spacial score (nSPS) is 38.7. The van der Waals surface area contributed by atoms with Gasteiger partial charge in [-0.15, -0.1) is 0 Å². The van der Waals surface area contributed by atoms with Gasteiger partial charge in [0, 0.05) is 0 Å². The van der Waals surface area contributed by atoms with Crippen molar-refractivity contribution in [1.29, 1.82) is 0 Å². The van der Waals surface area contributed by atoms with Crippen molar-refractivity contribution in [1.82, 2.24) is 0 Å². The summed E-state index contributed by atoms with van der Waals surface area (Å²) in [6.07, 6.45) is 4.04. The Kier molecular flexibility index (Phi) is 1.89. The number of hydrogen-bond acceptors (Lipinski definition) is 0. The second-order valence-electron chi connectivity index (χ2n) is 1.65. The van der Waals surface area contributed by atoms with E-state index in [0.717, 1.165) is 0 Å². The van der Waals surface area contributed by atoms with Crippen LogP contribution in [0.25, 0.3) is 0 Å². The van der Waals surface area contributed by atoms with Gasteiger partial charge in [0.1, 0.15) is 0 Å². The molecule has 1 atom stereocenters. The molecule has 0 aliphatic carbocycles. The van der Waals surface area contributed by atoms with E-state index in [0.29, 0.717) is 4.10 Å². The van der Waals surface area contributed by atoms with Crippen LogP contribution in [0.2, 0.25) is 8.23 Å². The zero-order chi connectivity index (χ0) is 5.11. The molecule has 1 aliphatic heterocycles. The minimum absolute atomic E-state index is 0.322. The van der Waals surface area contributed by atoms with E-state index < -0.39 is 0 Å². The molecule has 0 saturated carbocycles. The standard InChI is InChI=1S/C5H10.Bi.H/c1-3-5-4-2;;/h1-5H2;;/i1D;;. The Hall–Kier alpha value is 0.883. The van der Waals surface area contributed by atoms with Crippen molar-refractivity contribution in [3.63, 3.8) is 0 Å². The summed E-state index contributed by atoms with van der Waals surface area (Å²) in [7, 11) is 0. The number of hydrogen-bond donors (Lipinski definition) is 0. The molecule has 0 radical (unpaired) electrons. The molecule has 1 rings (SSSR count). The fraction of sp³-hybridized carbons (Fsp3) is 1.00. The van der Waals surface area contributed by atoms with Crippen LogP contribution in [0.5, 0.6) is 0 Å². The first-order chi connectivity index (χ1) is 3.39. The Morgan fingerprint density at radius 3 is 2.67 bits per heavy atom. The van der Waals surface area contributed by atoms with Gasteiger partial charge in [-0.1, -0.05) is 0 Å². The van der Waals surface area contributed by atoms with Crippen molar-refractivity contribution < 1.29 is 1.37 Å². The molecule has 0 aromatic rings. The van der Waals surface area contributed by atoms with Crippen molar-refractivity contribution in [3.8, 4) is 0 Å². The van der Waals surface area contributed by atoms with E-state index in [9.17, 15) is 0 Å². The van der Waals surface area contributed by atoms with Gasteiger partial charge in [0.05, 0.1) is 0 Å². The first kappa shape index (κ1) is 3.83. The van der Waals surface area contributed by atoms with Gasteiger partial charge in [0.25, 0.3) is 0 Å². The third kappa shape index (κ3) is 1.55. The predicted molar refractivity (Wildman–Crippen MR) is 30.6 cm³/mol. The van der Waals surface area contributed by atoms with Crippen LogP contribution < -0.4 is 0 Å². The molecule has 1 aliphatic rings. The SMILES string of the molecule is [2H][CH]1CCC[CH2][BiH]1. The van der Waals surface area contributed by atoms with E-state index in [1.807, 2.05) is 0 Å². The molecule has 1 heterocycles. The molecule has 1 heteroatoms. The summed E-state index contributed by atoms with van der Waals surface area (Å²) in [6, 6.07) is 0. The van der Waals surface area contributed by atoms with Gasteiger partial charge in [-0.25, -0.2) is 0 Å². The van der Waals surface area contributed by atoms with E-state index >= 15 is 0 Å². The van der Waals surface area contributed by atoms with Crippen LogP contribution in [0.15, 0.2) is 0 Å². The maximum atomic E-state index is 7.36. The van der Waals surface area contributed by atoms with Gasteiger partial charge < -0.3 is 0 Å². The van der Waals surface area contributed by atoms with E-state index in [-0.39, 0.29) is 23.2 Å². The molecule has 0 aromatic carbocycles. The quantitative estimate of drug-likeness (QED) is 0.589. The van der Waals surface area contributed by atoms with E-state index in [4.69, 9.17) is 1.37 Å². The molecule has 6 heavy (non-hydrogen) atoms. The third-order valence-corrected chi connectivity index (χ3v) is 5.81. The predicted octanol–water partition coefficient (Wildman–Crippen LogP) is 1.44. The summed E-state index contributed by atoms with van der Waals surface area (Å²) in [5, 5.41) is 0. The Bertz CT molecular complexity index is 50.0. The van der Waals surface area contributed by atoms with Gasteiger partial charge >= 0.3 is 52.1 Å². The average molecular weight is 281 g/mol. The summed E-state index contributed by atoms with van der Waals surface area (Å²) >= 11 is -0.322. The van der Waals surface area contributed by atoms with Gasteiger partial charge in [-0.05, 0) is 0 Å². The first-order valence-corrected chi connectivity index (χ1v) is 7.54. The Labute approximate surface area is 52.3 Å². The molecule has 0 amide bonds. The van der Waals surface area contributed by atoms with Crippen LogP contribution in [0, 0.1) is 0 Å². The van der Waals surface area contributed by atoms with Crippen LogP contribution in [0.1, 0.15) is 20.6 Å². The molecule has 1 fully saturated rings. The molecule has 0 bridgehead atoms. The summed E-state index contributed by atoms with van der Waals surface area (Å²) in [4.78, 5) is 0. The molecule has 1 saturated heterocycles. The third-order valence-electron chi connectivity index (χ3n) is 1.06. The van der Waals surface area contributed by atoms with Gasteiger partial charge in [0.2, 0.25) is 0 Å². The van der Waals surface area contributed by atoms with Crippen molar-refractivity contribution in [2.24, 2.45) is 0 Å². The summed E-state index contributed by atoms with van der Waals surface area (Å²) in [5.41, 5.74) is 0. The minimum atomic E-state index is -0.322. The second kappa shape index (κ2) is 2.96. The maximum absolute atomic E-state index is 7.36. The van der Waals surface area contributed by atoms with Crippen LogP contribution >= 0.6 is 0 Å². The fourth-order valence-electron chi connectivity index (χ4n) is 0.678. The molecular weight excluding hydrogens is 269 g/mol. The molecule has 0 N–H and O–H groups in total. The van der Waals surface area contributed by atoms with Crippen LogP contribution in [-0.2, 0) is 0 Å². The topological polar surface area (TPSA) is 0 Å². The van der Waals surface area contributed by atoms with Gasteiger partial charge in [-0.3, -0.25) is 0 Å². The van der Waals surface area contributed by atoms with E-state index in [1.54, 1.807) is 0 Å². The second-order valence-corrected chi connectivity index (χ2v) is 6.77. The molecule has 36 valence electrons. The summed E-state index contributed by atoms with van der Waals surface area (Å²) < 4.78 is 9.33. The van der Waals surface area contributed by atoms with E-state index in [2.05, 4.69) is 0 Å². The van der Waals surface area contributed by atoms with Crippen molar-refractivity contribution in [2.75, 3.05) is 0 Å². The van der Waals surface area contributed by atoms with Crippen LogP contribution in [0.3, 0.4) is 0 Å². The van der Waals surface area contributed by atoms with Gasteiger partial charge in [0.15, 0.2) is 0 Å². The Morgan fingerprint density at radius 1 is 1.33 bits per heavy atom. The molecule has 0 spiro atoms. The van der Waals surface area contributed by atoms with E-state index in [1.165, 1.54) is 23.4 Å². The number of rotatable bonds is 0. The molecule has 0 aromatic heterocycles. The summed E-state index contributed by atoms with van der Waals surface area (Å²) in [5.74, 6) is 0. The Balaban J connectivity index is 2.12. The average Bonchev–Trinajstić information content (AvgIpc) is 1.69. The molecular formula is C5H11Bi. The fourth-order valence-corrected chi connectivity index (χ4v) is 4.82. The summed E-state index contributed by atoms with van der Waals surface area (Å²) in [6.45, 7) is 0. The Morgan fingerprint density at radius 2 is 2.33 bits per heavy atom. The van der Waals surface area contributed by atoms with Crippen LogP contribution in [-0.4, -0.2) is 23.2 Å². The monoisotopic (exact) mass is 281 g/mol.